The molecule has 148 valence electrons. The number of halogens is 1. The third kappa shape index (κ3) is 4.30. The Labute approximate surface area is 173 Å². The molecule has 0 atom stereocenters. The van der Waals surface area contributed by atoms with Crippen molar-refractivity contribution in [1.29, 1.82) is 0 Å². The van der Waals surface area contributed by atoms with Gasteiger partial charge in [-0.05, 0) is 36.4 Å². The minimum absolute atomic E-state index is 0.0340. The number of anilines is 1. The summed E-state index contributed by atoms with van der Waals surface area (Å²) in [5.74, 6) is 1.55. The van der Waals surface area contributed by atoms with Crippen LogP contribution in [0.1, 0.15) is 10.4 Å². The molecule has 0 aliphatic carbocycles. The summed E-state index contributed by atoms with van der Waals surface area (Å²) >= 11 is 5.79. The molecule has 2 aromatic heterocycles. The van der Waals surface area contributed by atoms with Crippen molar-refractivity contribution < 1.29 is 9.53 Å². The average Bonchev–Trinajstić information content (AvgIpc) is 2.79. The van der Waals surface area contributed by atoms with Crippen LogP contribution in [0.15, 0.2) is 54.7 Å². The van der Waals surface area contributed by atoms with E-state index in [0.29, 0.717) is 36.9 Å². The molecule has 1 aliphatic rings. The number of carbonyl (C=O) groups is 1. The Kier molecular flexibility index (Phi) is 5.57. The Morgan fingerprint density at radius 1 is 1.03 bits per heavy atom. The van der Waals surface area contributed by atoms with Crippen LogP contribution in [-0.2, 0) is 0 Å². The van der Waals surface area contributed by atoms with Crippen LogP contribution in [0.5, 0.6) is 5.75 Å². The van der Waals surface area contributed by atoms with Crippen molar-refractivity contribution in [2.75, 3.05) is 38.2 Å². The smallest absolute Gasteiger partial charge is 0.255 e. The average molecular weight is 410 g/mol. The number of ether oxygens (including phenoxy) is 1. The fraction of sp³-hybridized carbons (Fsp3) is 0.238. The van der Waals surface area contributed by atoms with Gasteiger partial charge in [0, 0.05) is 37.9 Å². The summed E-state index contributed by atoms with van der Waals surface area (Å²) in [4.78, 5) is 20.5. The van der Waals surface area contributed by atoms with Gasteiger partial charge in [0.2, 0.25) is 0 Å². The first-order valence-electron chi connectivity index (χ1n) is 9.28. The molecule has 7 nitrogen and oxygen atoms in total. The molecule has 1 fully saturated rings. The molecular formula is C21H20ClN5O2. The molecule has 29 heavy (non-hydrogen) atoms. The van der Waals surface area contributed by atoms with Crippen LogP contribution in [-0.4, -0.2) is 59.3 Å². The summed E-state index contributed by atoms with van der Waals surface area (Å²) in [5.41, 5.74) is 2.29. The summed E-state index contributed by atoms with van der Waals surface area (Å²) in [5, 5.41) is 9.12. The highest BCUT2D eigenvalue weighted by atomic mass is 35.5. The maximum absolute atomic E-state index is 12.6. The first kappa shape index (κ1) is 19.1. The molecule has 3 aromatic rings. The molecule has 1 aromatic carbocycles. The van der Waals surface area contributed by atoms with Crippen LogP contribution in [0, 0.1) is 0 Å². The molecule has 0 saturated carbocycles. The standard InChI is InChI=1S/C21H20ClN5O2/c1-29-17-4-2-3-15(13-17)18-6-8-20(25-24-18)26-9-11-27(12-10-26)21(28)16-5-7-19(22)23-14-16/h2-8,13-14H,9-12H2,1H3. The summed E-state index contributed by atoms with van der Waals surface area (Å²) in [6, 6.07) is 15.0. The highest BCUT2D eigenvalue weighted by Crippen LogP contribution is 2.23. The highest BCUT2D eigenvalue weighted by Gasteiger charge is 2.23. The molecule has 4 rings (SSSR count). The SMILES string of the molecule is COc1cccc(-c2ccc(N3CCN(C(=O)c4ccc(Cl)nc4)CC3)nn2)c1. The molecule has 0 bridgehead atoms. The van der Waals surface area contributed by atoms with Gasteiger partial charge >= 0.3 is 0 Å². The monoisotopic (exact) mass is 409 g/mol. The predicted molar refractivity (Wildman–Crippen MR) is 111 cm³/mol. The van der Waals surface area contributed by atoms with Gasteiger partial charge in [0.05, 0.1) is 18.4 Å². The summed E-state index contributed by atoms with van der Waals surface area (Å²) in [6.07, 6.45) is 1.51. The van der Waals surface area contributed by atoms with Crippen LogP contribution >= 0.6 is 11.6 Å². The fourth-order valence-electron chi connectivity index (χ4n) is 3.25. The van der Waals surface area contributed by atoms with Crippen LogP contribution in [0.3, 0.4) is 0 Å². The minimum atomic E-state index is -0.0340. The van der Waals surface area contributed by atoms with Gasteiger partial charge in [0.1, 0.15) is 10.9 Å². The van der Waals surface area contributed by atoms with Crippen LogP contribution in [0.25, 0.3) is 11.3 Å². The second-order valence-electron chi connectivity index (χ2n) is 6.66. The van der Waals surface area contributed by atoms with E-state index in [0.717, 1.165) is 22.8 Å². The number of benzene rings is 1. The lowest BCUT2D eigenvalue weighted by atomic mass is 10.1. The molecule has 0 unspecified atom stereocenters. The summed E-state index contributed by atoms with van der Waals surface area (Å²) < 4.78 is 5.26. The molecule has 0 N–H and O–H groups in total. The van der Waals surface area contributed by atoms with Crippen molar-refractivity contribution in [2.45, 2.75) is 0 Å². The number of methoxy groups -OCH3 is 1. The Morgan fingerprint density at radius 2 is 1.86 bits per heavy atom. The Morgan fingerprint density at radius 3 is 2.52 bits per heavy atom. The van der Waals surface area contributed by atoms with E-state index in [1.54, 1.807) is 19.2 Å². The first-order valence-corrected chi connectivity index (χ1v) is 9.66. The fourth-order valence-corrected chi connectivity index (χ4v) is 3.37. The number of nitrogens with zero attached hydrogens (tertiary/aromatic N) is 5. The Bertz CT molecular complexity index is 987. The lowest BCUT2D eigenvalue weighted by molar-refractivity contribution is 0.0746. The predicted octanol–water partition coefficient (Wildman–Crippen LogP) is 3.16. The lowest BCUT2D eigenvalue weighted by Gasteiger charge is -2.35. The molecule has 1 aliphatic heterocycles. The Hall–Kier alpha value is -3.19. The number of rotatable bonds is 4. The Balaban J connectivity index is 1.39. The zero-order valence-electron chi connectivity index (χ0n) is 16.0. The molecule has 1 amide bonds. The van der Waals surface area contributed by atoms with Crippen molar-refractivity contribution in [3.63, 3.8) is 0 Å². The van der Waals surface area contributed by atoms with E-state index in [9.17, 15) is 4.79 Å². The van der Waals surface area contributed by atoms with E-state index in [1.807, 2.05) is 41.3 Å². The van der Waals surface area contributed by atoms with Crippen LogP contribution < -0.4 is 9.64 Å². The van der Waals surface area contributed by atoms with E-state index in [1.165, 1.54) is 6.20 Å². The van der Waals surface area contributed by atoms with Crippen molar-refractivity contribution in [3.8, 4) is 17.0 Å². The van der Waals surface area contributed by atoms with Gasteiger partial charge in [-0.2, -0.15) is 0 Å². The van der Waals surface area contributed by atoms with Crippen molar-refractivity contribution >= 4 is 23.3 Å². The number of amides is 1. The zero-order chi connectivity index (χ0) is 20.2. The third-order valence-corrected chi connectivity index (χ3v) is 5.10. The topological polar surface area (TPSA) is 71.5 Å². The van der Waals surface area contributed by atoms with E-state index in [4.69, 9.17) is 16.3 Å². The second kappa shape index (κ2) is 8.45. The van der Waals surface area contributed by atoms with Gasteiger partial charge in [0.25, 0.3) is 5.91 Å². The molecule has 8 heteroatoms. The quantitative estimate of drug-likeness (QED) is 0.616. The van der Waals surface area contributed by atoms with Crippen molar-refractivity contribution in [3.05, 3.63) is 65.4 Å². The number of hydrogen-bond acceptors (Lipinski definition) is 6. The second-order valence-corrected chi connectivity index (χ2v) is 7.04. The summed E-state index contributed by atoms with van der Waals surface area (Å²) in [6.45, 7) is 2.61. The molecule has 0 radical (unpaired) electrons. The number of carbonyl (C=O) groups excluding carboxylic acids is 1. The normalized spacial score (nSPS) is 14.0. The maximum Gasteiger partial charge on any atom is 0.255 e. The molecule has 0 spiro atoms. The number of piperazine rings is 1. The molecule has 3 heterocycles. The third-order valence-electron chi connectivity index (χ3n) is 4.88. The van der Waals surface area contributed by atoms with Gasteiger partial charge in [-0.3, -0.25) is 4.79 Å². The van der Waals surface area contributed by atoms with Gasteiger partial charge < -0.3 is 14.5 Å². The van der Waals surface area contributed by atoms with Crippen LogP contribution in [0.2, 0.25) is 5.15 Å². The summed E-state index contributed by atoms with van der Waals surface area (Å²) in [7, 11) is 1.64. The minimum Gasteiger partial charge on any atom is -0.497 e. The lowest BCUT2D eigenvalue weighted by Crippen LogP contribution is -2.49. The largest absolute Gasteiger partial charge is 0.497 e. The van der Waals surface area contributed by atoms with Gasteiger partial charge in [-0.25, -0.2) is 4.98 Å². The van der Waals surface area contributed by atoms with Gasteiger partial charge in [0.15, 0.2) is 5.82 Å². The van der Waals surface area contributed by atoms with E-state index in [2.05, 4.69) is 20.1 Å². The highest BCUT2D eigenvalue weighted by molar-refractivity contribution is 6.29. The molecular weight excluding hydrogens is 390 g/mol. The van der Waals surface area contributed by atoms with Crippen molar-refractivity contribution in [2.24, 2.45) is 0 Å². The van der Waals surface area contributed by atoms with Gasteiger partial charge in [-0.1, -0.05) is 23.7 Å². The number of aromatic nitrogens is 3. The maximum atomic E-state index is 12.6. The van der Waals surface area contributed by atoms with E-state index < -0.39 is 0 Å². The number of hydrogen-bond donors (Lipinski definition) is 0. The first-order chi connectivity index (χ1) is 14.1. The van der Waals surface area contributed by atoms with E-state index in [-0.39, 0.29) is 5.91 Å². The molecule has 1 saturated heterocycles. The zero-order valence-corrected chi connectivity index (χ0v) is 16.7. The number of pyridine rings is 1. The van der Waals surface area contributed by atoms with E-state index >= 15 is 0 Å². The van der Waals surface area contributed by atoms with Crippen molar-refractivity contribution in [1.82, 2.24) is 20.1 Å². The van der Waals surface area contributed by atoms with Gasteiger partial charge in [-0.15, -0.1) is 10.2 Å². The van der Waals surface area contributed by atoms with Crippen LogP contribution in [0.4, 0.5) is 5.82 Å².